The number of anilines is 1. The first-order chi connectivity index (χ1) is 7.59. The maximum Gasteiger partial charge on any atom is 0.269 e. The van der Waals surface area contributed by atoms with Crippen molar-refractivity contribution in [3.8, 4) is 0 Å². The van der Waals surface area contributed by atoms with E-state index < -0.39 is 0 Å². The summed E-state index contributed by atoms with van der Waals surface area (Å²) in [6.45, 7) is 1.60. The second-order valence-electron chi connectivity index (χ2n) is 3.86. The minimum atomic E-state index is -0.175. The van der Waals surface area contributed by atoms with Crippen LogP contribution < -0.4 is 11.1 Å². The molecule has 0 aliphatic carbocycles. The van der Waals surface area contributed by atoms with Crippen molar-refractivity contribution in [2.45, 2.75) is 6.42 Å². The van der Waals surface area contributed by atoms with Crippen LogP contribution in [0.2, 0.25) is 0 Å². The van der Waals surface area contributed by atoms with Gasteiger partial charge in [-0.2, -0.15) is 0 Å². The summed E-state index contributed by atoms with van der Waals surface area (Å²) in [5.41, 5.74) is 5.86. The Morgan fingerprint density at radius 3 is 2.61 bits per heavy atom. The summed E-state index contributed by atoms with van der Waals surface area (Å²) < 4.78 is 0. The molecule has 0 fully saturated rings. The Labute approximate surface area is 120 Å². The van der Waals surface area contributed by atoms with Crippen molar-refractivity contribution in [3.63, 3.8) is 0 Å². The molecule has 0 spiro atoms. The molecule has 1 amide bonds. The Morgan fingerprint density at radius 2 is 2.06 bits per heavy atom. The number of nitrogens with one attached hydrogen (secondary N) is 1. The number of carbonyl (C=O) groups excluding carboxylic acids is 1. The number of nitrogens with two attached hydrogens (primary N) is 1. The van der Waals surface area contributed by atoms with E-state index in [0.717, 1.165) is 13.0 Å². The van der Waals surface area contributed by atoms with E-state index in [1.807, 2.05) is 14.1 Å². The van der Waals surface area contributed by atoms with Crippen LogP contribution >= 0.6 is 24.8 Å². The monoisotopic (exact) mass is 294 g/mol. The number of halogens is 2. The van der Waals surface area contributed by atoms with Crippen LogP contribution in [-0.4, -0.2) is 43.0 Å². The van der Waals surface area contributed by atoms with Gasteiger partial charge in [0, 0.05) is 6.54 Å². The second kappa shape index (κ2) is 9.94. The highest BCUT2D eigenvalue weighted by atomic mass is 35.5. The first-order valence-corrected chi connectivity index (χ1v) is 5.25. The Kier molecular flexibility index (Phi) is 10.7. The lowest BCUT2D eigenvalue weighted by molar-refractivity contribution is 0.0947. The van der Waals surface area contributed by atoms with E-state index in [1.165, 1.54) is 0 Å². The zero-order valence-corrected chi connectivity index (χ0v) is 12.2. The number of hydrogen-bond donors (Lipinski definition) is 2. The summed E-state index contributed by atoms with van der Waals surface area (Å²) in [6.07, 6.45) is 0.918. The van der Waals surface area contributed by atoms with Crippen LogP contribution in [0.15, 0.2) is 18.2 Å². The summed E-state index contributed by atoms with van der Waals surface area (Å²) in [5.74, 6) is 0.187. The molecular weight excluding hydrogens is 275 g/mol. The first kappa shape index (κ1) is 19.3. The first-order valence-electron chi connectivity index (χ1n) is 5.25. The second-order valence-corrected chi connectivity index (χ2v) is 3.86. The Balaban J connectivity index is 0. The fourth-order valence-electron chi connectivity index (χ4n) is 1.27. The van der Waals surface area contributed by atoms with Gasteiger partial charge in [0.1, 0.15) is 11.5 Å². The van der Waals surface area contributed by atoms with E-state index in [9.17, 15) is 4.79 Å². The molecule has 18 heavy (non-hydrogen) atoms. The fraction of sp³-hybridized carbons (Fsp3) is 0.455. The molecule has 1 aromatic heterocycles. The standard InChI is InChI=1S/C11H18N4O.2ClH/c1-15(2)8-4-7-13-11(16)9-5-3-6-10(12)14-9;;/h3,5-6H,4,7-8H2,1-2H3,(H2,12,14)(H,13,16);2*1H. The van der Waals surface area contributed by atoms with Gasteiger partial charge in [0.15, 0.2) is 0 Å². The van der Waals surface area contributed by atoms with E-state index in [0.29, 0.717) is 18.1 Å². The van der Waals surface area contributed by atoms with Crippen LogP contribution in [0, 0.1) is 0 Å². The van der Waals surface area contributed by atoms with Crippen LogP contribution in [0.25, 0.3) is 0 Å². The third-order valence-corrected chi connectivity index (χ3v) is 2.07. The van der Waals surface area contributed by atoms with E-state index >= 15 is 0 Å². The number of carbonyl (C=O) groups is 1. The fourth-order valence-corrected chi connectivity index (χ4v) is 1.27. The molecule has 0 saturated heterocycles. The zero-order valence-electron chi connectivity index (χ0n) is 10.5. The number of rotatable bonds is 5. The topological polar surface area (TPSA) is 71.2 Å². The van der Waals surface area contributed by atoms with Crippen LogP contribution in [-0.2, 0) is 0 Å². The highest BCUT2D eigenvalue weighted by Gasteiger charge is 2.05. The van der Waals surface area contributed by atoms with Gasteiger partial charge in [-0.3, -0.25) is 4.79 Å². The van der Waals surface area contributed by atoms with Crippen molar-refractivity contribution < 1.29 is 4.79 Å². The molecule has 0 saturated carbocycles. The molecule has 7 heteroatoms. The maximum absolute atomic E-state index is 11.6. The molecule has 0 bridgehead atoms. The van der Waals surface area contributed by atoms with E-state index in [1.54, 1.807) is 18.2 Å². The van der Waals surface area contributed by atoms with Gasteiger partial charge in [0.2, 0.25) is 0 Å². The third-order valence-electron chi connectivity index (χ3n) is 2.07. The SMILES string of the molecule is CN(C)CCCNC(=O)c1cccc(N)n1.Cl.Cl. The normalized spacial score (nSPS) is 9.28. The quantitative estimate of drug-likeness (QED) is 0.800. The minimum Gasteiger partial charge on any atom is -0.384 e. The van der Waals surface area contributed by atoms with Crippen LogP contribution in [0.1, 0.15) is 16.9 Å². The number of nitrogens with zero attached hydrogens (tertiary/aromatic N) is 2. The largest absolute Gasteiger partial charge is 0.384 e. The lowest BCUT2D eigenvalue weighted by atomic mass is 10.3. The number of aromatic nitrogens is 1. The van der Waals surface area contributed by atoms with Crippen LogP contribution in [0.3, 0.4) is 0 Å². The Morgan fingerprint density at radius 1 is 1.39 bits per heavy atom. The smallest absolute Gasteiger partial charge is 0.269 e. The van der Waals surface area contributed by atoms with Gasteiger partial charge in [0.25, 0.3) is 5.91 Å². The molecule has 0 unspecified atom stereocenters. The number of nitrogen functional groups attached to an aromatic ring is 1. The average molecular weight is 295 g/mol. The third kappa shape index (κ3) is 7.32. The molecule has 1 heterocycles. The van der Waals surface area contributed by atoms with Crippen molar-refractivity contribution in [2.24, 2.45) is 0 Å². The summed E-state index contributed by atoms with van der Waals surface area (Å²) in [4.78, 5) is 17.6. The van der Waals surface area contributed by atoms with Crippen molar-refractivity contribution in [1.82, 2.24) is 15.2 Å². The van der Waals surface area contributed by atoms with Gasteiger partial charge < -0.3 is 16.0 Å². The highest BCUT2D eigenvalue weighted by molar-refractivity contribution is 5.92. The van der Waals surface area contributed by atoms with E-state index in [2.05, 4.69) is 15.2 Å². The molecule has 0 aromatic carbocycles. The van der Waals surface area contributed by atoms with Crippen LogP contribution in [0.5, 0.6) is 0 Å². The van der Waals surface area contributed by atoms with E-state index in [4.69, 9.17) is 5.73 Å². The molecule has 3 N–H and O–H groups in total. The van der Waals surface area contributed by atoms with Gasteiger partial charge in [0.05, 0.1) is 0 Å². The summed E-state index contributed by atoms with van der Waals surface area (Å²) in [6, 6.07) is 5.03. The summed E-state index contributed by atoms with van der Waals surface area (Å²) in [7, 11) is 4.00. The predicted molar refractivity (Wildman–Crippen MR) is 78.6 cm³/mol. The molecule has 0 atom stereocenters. The predicted octanol–water partition coefficient (Wildman–Crippen LogP) is 1.19. The number of amides is 1. The number of pyridine rings is 1. The molecule has 0 aliphatic heterocycles. The molecule has 0 aliphatic rings. The molecule has 1 aromatic rings. The zero-order chi connectivity index (χ0) is 12.0. The van der Waals surface area contributed by atoms with Gasteiger partial charge in [-0.25, -0.2) is 4.98 Å². The molecule has 5 nitrogen and oxygen atoms in total. The van der Waals surface area contributed by atoms with Crippen molar-refractivity contribution in [2.75, 3.05) is 32.9 Å². The molecular formula is C11H20Cl2N4O. The average Bonchev–Trinajstić information content (AvgIpc) is 2.24. The van der Waals surface area contributed by atoms with Gasteiger partial charge >= 0.3 is 0 Å². The molecule has 1 rings (SSSR count). The summed E-state index contributed by atoms with van der Waals surface area (Å²) >= 11 is 0. The van der Waals surface area contributed by atoms with Gasteiger partial charge in [-0.1, -0.05) is 6.07 Å². The Bertz CT molecular complexity index is 361. The molecule has 104 valence electrons. The molecule has 0 radical (unpaired) electrons. The lowest BCUT2D eigenvalue weighted by Crippen LogP contribution is -2.27. The summed E-state index contributed by atoms with van der Waals surface area (Å²) in [5, 5.41) is 2.80. The lowest BCUT2D eigenvalue weighted by Gasteiger charge is -2.09. The van der Waals surface area contributed by atoms with Crippen molar-refractivity contribution in [3.05, 3.63) is 23.9 Å². The van der Waals surface area contributed by atoms with Crippen LogP contribution in [0.4, 0.5) is 5.82 Å². The van der Waals surface area contributed by atoms with Gasteiger partial charge in [-0.15, -0.1) is 24.8 Å². The maximum atomic E-state index is 11.6. The van der Waals surface area contributed by atoms with Crippen molar-refractivity contribution in [1.29, 1.82) is 0 Å². The van der Waals surface area contributed by atoms with E-state index in [-0.39, 0.29) is 30.7 Å². The minimum absolute atomic E-state index is 0. The van der Waals surface area contributed by atoms with Gasteiger partial charge in [-0.05, 0) is 39.2 Å². The highest BCUT2D eigenvalue weighted by Crippen LogP contribution is 1.99. The number of hydrogen-bond acceptors (Lipinski definition) is 4. The van der Waals surface area contributed by atoms with Crippen molar-refractivity contribution >= 4 is 36.5 Å². The Hall–Kier alpha value is -1.04.